The van der Waals surface area contributed by atoms with Crippen molar-refractivity contribution < 1.29 is 19.0 Å². The molecule has 0 saturated carbocycles. The predicted octanol–water partition coefficient (Wildman–Crippen LogP) is 2.56. The van der Waals surface area contributed by atoms with Gasteiger partial charge in [0.25, 0.3) is 0 Å². The quantitative estimate of drug-likeness (QED) is 0.909. The number of carboxylic acids is 1. The van der Waals surface area contributed by atoms with Crippen LogP contribution in [0, 0.1) is 5.82 Å². The average molecular weight is 253 g/mol. The summed E-state index contributed by atoms with van der Waals surface area (Å²) in [5.41, 5.74) is -0.193. The Morgan fingerprint density at radius 2 is 2.35 bits per heavy atom. The summed E-state index contributed by atoms with van der Waals surface area (Å²) in [5.74, 6) is -2.17. The van der Waals surface area contributed by atoms with Gasteiger partial charge in [0, 0.05) is 11.6 Å². The lowest BCUT2D eigenvalue weighted by atomic mass is 10.2. The fourth-order valence-electron chi connectivity index (χ4n) is 1.28. The number of benzene rings is 1. The van der Waals surface area contributed by atoms with Gasteiger partial charge in [-0.3, -0.25) is 0 Å². The van der Waals surface area contributed by atoms with E-state index in [-0.39, 0.29) is 17.9 Å². The van der Waals surface area contributed by atoms with Gasteiger partial charge in [0.05, 0.1) is 0 Å². The standard InChI is InChI=1S/C11H8FNO3S/c12-8-3-1-2-7(11(14)15)10(8)16-6-9-13-4-5-17-9/h1-5H,6H2,(H,14,15). The Labute approximate surface area is 100 Å². The van der Waals surface area contributed by atoms with E-state index < -0.39 is 11.8 Å². The van der Waals surface area contributed by atoms with Crippen molar-refractivity contribution in [2.24, 2.45) is 0 Å². The monoisotopic (exact) mass is 253 g/mol. The molecule has 2 rings (SSSR count). The smallest absolute Gasteiger partial charge is 0.339 e. The van der Waals surface area contributed by atoms with Crippen LogP contribution in [0.25, 0.3) is 0 Å². The molecule has 0 aliphatic heterocycles. The van der Waals surface area contributed by atoms with Gasteiger partial charge in [-0.1, -0.05) is 6.07 Å². The van der Waals surface area contributed by atoms with Crippen molar-refractivity contribution in [1.29, 1.82) is 0 Å². The zero-order chi connectivity index (χ0) is 12.3. The Morgan fingerprint density at radius 1 is 1.53 bits per heavy atom. The maximum atomic E-state index is 13.4. The zero-order valence-corrected chi connectivity index (χ0v) is 9.41. The first-order chi connectivity index (χ1) is 8.18. The van der Waals surface area contributed by atoms with E-state index in [1.807, 2.05) is 0 Å². The van der Waals surface area contributed by atoms with E-state index in [4.69, 9.17) is 9.84 Å². The van der Waals surface area contributed by atoms with E-state index in [1.165, 1.54) is 23.5 Å². The van der Waals surface area contributed by atoms with Gasteiger partial charge in [-0.2, -0.15) is 0 Å². The molecule has 1 N–H and O–H groups in total. The lowest BCUT2D eigenvalue weighted by Crippen LogP contribution is -2.05. The van der Waals surface area contributed by atoms with Gasteiger partial charge < -0.3 is 9.84 Å². The Balaban J connectivity index is 2.22. The van der Waals surface area contributed by atoms with Crippen LogP contribution in [0.1, 0.15) is 15.4 Å². The van der Waals surface area contributed by atoms with Crippen LogP contribution in [-0.2, 0) is 6.61 Å². The SMILES string of the molecule is O=C(O)c1cccc(F)c1OCc1nccs1. The maximum Gasteiger partial charge on any atom is 0.339 e. The van der Waals surface area contributed by atoms with E-state index in [0.717, 1.165) is 6.07 Å². The fraction of sp³-hybridized carbons (Fsp3) is 0.0909. The molecule has 0 bridgehead atoms. The number of aromatic nitrogens is 1. The second kappa shape index (κ2) is 4.92. The molecule has 4 nitrogen and oxygen atoms in total. The molecule has 0 amide bonds. The van der Waals surface area contributed by atoms with Crippen LogP contribution >= 0.6 is 11.3 Å². The summed E-state index contributed by atoms with van der Waals surface area (Å²) in [4.78, 5) is 14.8. The maximum absolute atomic E-state index is 13.4. The predicted molar refractivity (Wildman–Crippen MR) is 59.8 cm³/mol. The Morgan fingerprint density at radius 3 is 3.00 bits per heavy atom. The Bertz CT molecular complexity index is 528. The van der Waals surface area contributed by atoms with Gasteiger partial charge in [0.1, 0.15) is 17.2 Å². The first-order valence-corrected chi connectivity index (χ1v) is 5.59. The van der Waals surface area contributed by atoms with Gasteiger partial charge in [-0.25, -0.2) is 14.2 Å². The molecule has 0 saturated heterocycles. The summed E-state index contributed by atoms with van der Waals surface area (Å²) in [5, 5.41) is 11.3. The molecule has 0 radical (unpaired) electrons. The van der Waals surface area contributed by atoms with E-state index >= 15 is 0 Å². The van der Waals surface area contributed by atoms with E-state index in [2.05, 4.69) is 4.98 Å². The van der Waals surface area contributed by atoms with Crippen molar-refractivity contribution in [3.05, 3.63) is 46.2 Å². The number of para-hydroxylation sites is 1. The first kappa shape index (κ1) is 11.5. The van der Waals surface area contributed by atoms with Gasteiger partial charge >= 0.3 is 5.97 Å². The minimum absolute atomic E-state index is 0.0544. The van der Waals surface area contributed by atoms with Gasteiger partial charge in [-0.15, -0.1) is 11.3 Å². The molecule has 0 aliphatic rings. The lowest BCUT2D eigenvalue weighted by Gasteiger charge is -2.08. The third-order valence-electron chi connectivity index (χ3n) is 2.02. The summed E-state index contributed by atoms with van der Waals surface area (Å²) in [7, 11) is 0. The third-order valence-corrected chi connectivity index (χ3v) is 2.77. The van der Waals surface area contributed by atoms with Crippen LogP contribution in [0.3, 0.4) is 0 Å². The van der Waals surface area contributed by atoms with Gasteiger partial charge in [-0.05, 0) is 12.1 Å². The average Bonchev–Trinajstić information content (AvgIpc) is 2.80. The number of hydrogen-bond acceptors (Lipinski definition) is 4. The summed E-state index contributed by atoms with van der Waals surface area (Å²) < 4.78 is 18.6. The van der Waals surface area contributed by atoms with Crippen molar-refractivity contribution in [2.75, 3.05) is 0 Å². The summed E-state index contributed by atoms with van der Waals surface area (Å²) >= 11 is 1.36. The zero-order valence-electron chi connectivity index (χ0n) is 8.59. The third kappa shape index (κ3) is 2.59. The molecule has 0 unspecified atom stereocenters. The Hall–Kier alpha value is -1.95. The molecule has 1 heterocycles. The van der Waals surface area contributed by atoms with Crippen LogP contribution in [0.4, 0.5) is 4.39 Å². The number of aromatic carboxylic acids is 1. The topological polar surface area (TPSA) is 59.4 Å². The number of carbonyl (C=O) groups is 1. The van der Waals surface area contributed by atoms with Crippen molar-refractivity contribution in [2.45, 2.75) is 6.61 Å². The molecule has 6 heteroatoms. The molecular formula is C11H8FNO3S. The van der Waals surface area contributed by atoms with Gasteiger partial charge in [0.2, 0.25) is 0 Å². The second-order valence-corrected chi connectivity index (χ2v) is 4.12. The van der Waals surface area contributed by atoms with Crippen LogP contribution < -0.4 is 4.74 Å². The van der Waals surface area contributed by atoms with E-state index in [0.29, 0.717) is 5.01 Å². The van der Waals surface area contributed by atoms with E-state index in [9.17, 15) is 9.18 Å². The molecule has 0 atom stereocenters. The van der Waals surface area contributed by atoms with Crippen molar-refractivity contribution in [1.82, 2.24) is 4.98 Å². The fourth-order valence-corrected chi connectivity index (χ4v) is 1.81. The molecule has 0 spiro atoms. The number of halogens is 1. The summed E-state index contributed by atoms with van der Waals surface area (Å²) in [6.45, 7) is 0.0544. The molecule has 17 heavy (non-hydrogen) atoms. The molecule has 0 aliphatic carbocycles. The normalized spacial score (nSPS) is 10.2. The second-order valence-electron chi connectivity index (χ2n) is 3.14. The lowest BCUT2D eigenvalue weighted by molar-refractivity contribution is 0.0690. The Kier molecular flexibility index (Phi) is 3.34. The molecule has 88 valence electrons. The minimum atomic E-state index is -1.22. The molecule has 0 fully saturated rings. The van der Waals surface area contributed by atoms with Crippen molar-refractivity contribution in [3.8, 4) is 5.75 Å². The van der Waals surface area contributed by atoms with Crippen molar-refractivity contribution in [3.63, 3.8) is 0 Å². The highest BCUT2D eigenvalue weighted by Gasteiger charge is 2.15. The number of carboxylic acid groups (broad SMARTS) is 1. The van der Waals surface area contributed by atoms with Gasteiger partial charge in [0.15, 0.2) is 11.6 Å². The molecule has 2 aromatic rings. The summed E-state index contributed by atoms with van der Waals surface area (Å²) in [6, 6.07) is 3.78. The van der Waals surface area contributed by atoms with Crippen LogP contribution in [-0.4, -0.2) is 16.1 Å². The van der Waals surface area contributed by atoms with Crippen molar-refractivity contribution >= 4 is 17.3 Å². The van der Waals surface area contributed by atoms with Crippen LogP contribution in [0.2, 0.25) is 0 Å². The minimum Gasteiger partial charge on any atom is -0.482 e. The largest absolute Gasteiger partial charge is 0.482 e. The highest BCUT2D eigenvalue weighted by Crippen LogP contribution is 2.24. The van der Waals surface area contributed by atoms with E-state index in [1.54, 1.807) is 11.6 Å². The number of hydrogen-bond donors (Lipinski definition) is 1. The molecule has 1 aromatic carbocycles. The highest BCUT2D eigenvalue weighted by atomic mass is 32.1. The summed E-state index contributed by atoms with van der Waals surface area (Å²) in [6.07, 6.45) is 1.60. The molecular weight excluding hydrogens is 245 g/mol. The number of ether oxygens (including phenoxy) is 1. The van der Waals surface area contributed by atoms with Crippen LogP contribution in [0.5, 0.6) is 5.75 Å². The number of thiazole rings is 1. The molecule has 1 aromatic heterocycles. The highest BCUT2D eigenvalue weighted by molar-refractivity contribution is 7.09. The first-order valence-electron chi connectivity index (χ1n) is 4.71. The number of nitrogens with zero attached hydrogens (tertiary/aromatic N) is 1. The number of rotatable bonds is 4. The van der Waals surface area contributed by atoms with Crippen LogP contribution in [0.15, 0.2) is 29.8 Å².